The van der Waals surface area contributed by atoms with E-state index in [1.165, 1.54) is 24.9 Å². The molecule has 0 bridgehead atoms. The van der Waals surface area contributed by atoms with Crippen LogP contribution in [0.15, 0.2) is 28.2 Å². The highest BCUT2D eigenvalue weighted by Gasteiger charge is 2.40. The van der Waals surface area contributed by atoms with Crippen molar-refractivity contribution in [1.29, 1.82) is 5.41 Å². The van der Waals surface area contributed by atoms with Crippen LogP contribution in [0.3, 0.4) is 0 Å². The van der Waals surface area contributed by atoms with Gasteiger partial charge in [-0.2, -0.15) is 8.78 Å². The van der Waals surface area contributed by atoms with Crippen LogP contribution < -0.4 is 11.1 Å². The Bertz CT molecular complexity index is 600. The van der Waals surface area contributed by atoms with Crippen molar-refractivity contribution in [3.63, 3.8) is 0 Å². The molecule has 0 radical (unpaired) electrons. The number of anilines is 1. The van der Waals surface area contributed by atoms with E-state index >= 15 is 0 Å². The maximum absolute atomic E-state index is 12.8. The largest absolute Gasteiger partial charge is 0.484 e. The summed E-state index contributed by atoms with van der Waals surface area (Å²) in [4.78, 5) is 7.41. The second-order valence-electron chi connectivity index (χ2n) is 4.83. The number of nitrogens with zero attached hydrogens (tertiary/aromatic N) is 2. The van der Waals surface area contributed by atoms with Gasteiger partial charge in [-0.05, 0) is 24.3 Å². The zero-order chi connectivity index (χ0) is 18.9. The first-order valence-electron chi connectivity index (χ1n) is 7.19. The zero-order valence-corrected chi connectivity index (χ0v) is 14.3. The van der Waals surface area contributed by atoms with Gasteiger partial charge in [0.15, 0.2) is 11.9 Å². The summed E-state index contributed by atoms with van der Waals surface area (Å²) in [5.41, 5.74) is 5.41. The lowest BCUT2D eigenvalue weighted by molar-refractivity contribution is -0.119. The van der Waals surface area contributed by atoms with Crippen LogP contribution in [0.25, 0.3) is 0 Å². The van der Waals surface area contributed by atoms with Crippen LogP contribution in [0, 0.1) is 5.41 Å². The Kier molecular flexibility index (Phi) is 8.46. The first-order valence-corrected chi connectivity index (χ1v) is 8.17. The van der Waals surface area contributed by atoms with E-state index < -0.39 is 24.9 Å². The molecule has 1 heterocycles. The zero-order valence-electron chi connectivity index (χ0n) is 13.4. The van der Waals surface area contributed by atoms with Crippen molar-refractivity contribution in [2.75, 3.05) is 24.7 Å². The summed E-state index contributed by atoms with van der Waals surface area (Å²) in [6.07, 6.45) is -2.57. The van der Waals surface area contributed by atoms with Gasteiger partial charge in [0.1, 0.15) is 12.4 Å². The smallest absolute Gasteiger partial charge is 0.326 e. The van der Waals surface area contributed by atoms with Gasteiger partial charge in [-0.15, -0.1) is 11.8 Å². The van der Waals surface area contributed by atoms with Crippen molar-refractivity contribution >= 4 is 29.4 Å². The Balaban J connectivity index is 2.53. The predicted molar refractivity (Wildman–Crippen MR) is 90.0 cm³/mol. The summed E-state index contributed by atoms with van der Waals surface area (Å²) >= 11 is 1.43. The molecule has 4 N–H and O–H groups in total. The van der Waals surface area contributed by atoms with Gasteiger partial charge in [0.2, 0.25) is 0 Å². The number of rotatable bonds is 9. The van der Waals surface area contributed by atoms with Crippen LogP contribution in [0.2, 0.25) is 0 Å². The first kappa shape index (κ1) is 21.0. The minimum absolute atomic E-state index is 0.202. The standard InChI is InChI=1S/C14H19F4N5OS/c1-24-9(19)4-3-7-25-11-6-2-5-10(22-11)23-13(20)21-8-14(17,18)12(15)16/h2,5-6,12,19H,3-4,7-8H2,1H3,(H3,20,21,22,23). The number of ether oxygens (including phenoxy) is 1. The number of guanidine groups is 1. The number of nitrogens with two attached hydrogens (primary N) is 1. The maximum Gasteiger partial charge on any atom is 0.326 e. The summed E-state index contributed by atoms with van der Waals surface area (Å²) < 4.78 is 54.4. The third-order valence-electron chi connectivity index (χ3n) is 2.80. The Labute approximate surface area is 146 Å². The highest BCUT2D eigenvalue weighted by molar-refractivity contribution is 7.99. The molecule has 0 fully saturated rings. The van der Waals surface area contributed by atoms with Crippen molar-refractivity contribution in [3.8, 4) is 0 Å². The third-order valence-corrected chi connectivity index (χ3v) is 3.82. The van der Waals surface area contributed by atoms with E-state index in [-0.39, 0.29) is 11.7 Å². The Morgan fingerprint density at radius 2 is 2.20 bits per heavy atom. The molecular formula is C14H19F4N5OS. The molecule has 0 spiro atoms. The SMILES string of the molecule is COC(=N)CCCSc1cccc(NC(N)=NCC(F)(F)C(F)F)n1. The van der Waals surface area contributed by atoms with Crippen LogP contribution >= 0.6 is 11.8 Å². The van der Waals surface area contributed by atoms with E-state index in [0.29, 0.717) is 17.2 Å². The first-order chi connectivity index (χ1) is 11.7. The lowest BCUT2D eigenvalue weighted by Crippen LogP contribution is -2.33. The fourth-order valence-electron chi connectivity index (χ4n) is 1.51. The molecule has 0 saturated carbocycles. The quantitative estimate of drug-likeness (QED) is 0.201. The van der Waals surface area contributed by atoms with Crippen molar-refractivity contribution < 1.29 is 22.3 Å². The number of methoxy groups -OCH3 is 1. The van der Waals surface area contributed by atoms with Crippen LogP contribution in [-0.4, -0.2) is 48.6 Å². The molecule has 1 rings (SSSR count). The number of thioether (sulfide) groups is 1. The lowest BCUT2D eigenvalue weighted by Gasteiger charge is -2.13. The van der Waals surface area contributed by atoms with E-state index in [1.54, 1.807) is 12.1 Å². The summed E-state index contributed by atoms with van der Waals surface area (Å²) in [5, 5.41) is 10.5. The molecule has 140 valence electrons. The molecule has 0 atom stereocenters. The highest BCUT2D eigenvalue weighted by Crippen LogP contribution is 2.23. The second-order valence-corrected chi connectivity index (χ2v) is 5.94. The monoisotopic (exact) mass is 381 g/mol. The molecule has 0 saturated heterocycles. The van der Waals surface area contributed by atoms with Gasteiger partial charge in [0, 0.05) is 6.42 Å². The number of halogens is 4. The van der Waals surface area contributed by atoms with Gasteiger partial charge in [-0.1, -0.05) is 6.07 Å². The average molecular weight is 381 g/mol. The number of hydrogen-bond acceptors (Lipinski definition) is 5. The third kappa shape index (κ3) is 8.05. The summed E-state index contributed by atoms with van der Waals surface area (Å²) in [5.74, 6) is -3.49. The average Bonchev–Trinajstić information content (AvgIpc) is 2.57. The molecule has 25 heavy (non-hydrogen) atoms. The minimum atomic E-state index is -4.23. The molecule has 0 unspecified atom stereocenters. The summed E-state index contributed by atoms with van der Waals surface area (Å²) in [7, 11) is 1.44. The van der Waals surface area contributed by atoms with E-state index in [0.717, 1.165) is 6.42 Å². The van der Waals surface area contributed by atoms with Crippen molar-refractivity contribution in [2.24, 2.45) is 10.7 Å². The van der Waals surface area contributed by atoms with Crippen molar-refractivity contribution in [1.82, 2.24) is 4.98 Å². The van der Waals surface area contributed by atoms with Gasteiger partial charge >= 0.3 is 12.3 Å². The van der Waals surface area contributed by atoms with E-state index in [2.05, 4.69) is 15.3 Å². The molecule has 1 aromatic heterocycles. The topological polar surface area (TPSA) is 96.4 Å². The number of aromatic nitrogens is 1. The van der Waals surface area contributed by atoms with Gasteiger partial charge in [0.25, 0.3) is 0 Å². The molecule has 1 aromatic rings. The molecule has 0 amide bonds. The normalized spacial score (nSPS) is 12.3. The molecule has 11 heteroatoms. The summed E-state index contributed by atoms with van der Waals surface area (Å²) in [6.45, 7) is -1.41. The molecule has 6 nitrogen and oxygen atoms in total. The van der Waals surface area contributed by atoms with Crippen LogP contribution in [-0.2, 0) is 4.74 Å². The molecular weight excluding hydrogens is 362 g/mol. The van der Waals surface area contributed by atoms with E-state index in [9.17, 15) is 17.6 Å². The molecule has 0 aliphatic heterocycles. The predicted octanol–water partition coefficient (Wildman–Crippen LogP) is 3.20. The number of hydrogen-bond donors (Lipinski definition) is 3. The fraction of sp³-hybridized carbons (Fsp3) is 0.500. The molecule has 0 aromatic carbocycles. The van der Waals surface area contributed by atoms with Crippen molar-refractivity contribution in [3.05, 3.63) is 18.2 Å². The highest BCUT2D eigenvalue weighted by atomic mass is 32.2. The van der Waals surface area contributed by atoms with Crippen LogP contribution in [0.4, 0.5) is 23.4 Å². The minimum Gasteiger partial charge on any atom is -0.484 e. The van der Waals surface area contributed by atoms with Gasteiger partial charge < -0.3 is 15.8 Å². The number of pyridine rings is 1. The number of alkyl halides is 4. The maximum atomic E-state index is 12.8. The lowest BCUT2D eigenvalue weighted by atomic mass is 10.3. The van der Waals surface area contributed by atoms with E-state index in [1.807, 2.05) is 0 Å². The summed E-state index contributed by atoms with van der Waals surface area (Å²) in [6, 6.07) is 4.96. The van der Waals surface area contributed by atoms with Crippen LogP contribution in [0.1, 0.15) is 12.8 Å². The Morgan fingerprint density at radius 3 is 2.84 bits per heavy atom. The fourth-order valence-corrected chi connectivity index (χ4v) is 2.34. The second kappa shape index (κ2) is 10.1. The number of aliphatic imine (C=N–C) groups is 1. The van der Waals surface area contributed by atoms with Gasteiger partial charge in [-0.25, -0.2) is 18.8 Å². The van der Waals surface area contributed by atoms with Crippen molar-refractivity contribution in [2.45, 2.75) is 30.2 Å². The van der Waals surface area contributed by atoms with Gasteiger partial charge in [-0.3, -0.25) is 5.41 Å². The Morgan fingerprint density at radius 1 is 1.48 bits per heavy atom. The van der Waals surface area contributed by atoms with Gasteiger partial charge in [0.05, 0.1) is 12.1 Å². The molecule has 0 aliphatic rings. The molecule has 0 aliphatic carbocycles. The Hall–Kier alpha value is -2.04. The van der Waals surface area contributed by atoms with E-state index in [4.69, 9.17) is 15.9 Å². The number of nitrogens with one attached hydrogen (secondary N) is 2. The van der Waals surface area contributed by atoms with Crippen LogP contribution in [0.5, 0.6) is 0 Å².